The molecule has 3 N–H and O–H groups in total. The number of nitrogens with two attached hydrogens (primary N) is 1. The van der Waals surface area contributed by atoms with Crippen molar-refractivity contribution in [2.75, 3.05) is 19.3 Å². The zero-order valence-electron chi connectivity index (χ0n) is 8.97. The topological polar surface area (TPSA) is 92.5 Å². The van der Waals surface area contributed by atoms with Crippen LogP contribution in [-0.4, -0.2) is 49.0 Å². The summed E-state index contributed by atoms with van der Waals surface area (Å²) in [4.78, 5) is 11.3. The lowest BCUT2D eigenvalue weighted by Gasteiger charge is -2.16. The van der Waals surface area contributed by atoms with Gasteiger partial charge in [-0.3, -0.25) is 4.79 Å². The zero-order valence-corrected chi connectivity index (χ0v) is 10.6. The Morgan fingerprint density at radius 2 is 2.12 bits per heavy atom. The van der Waals surface area contributed by atoms with Gasteiger partial charge in [0, 0.05) is 13.1 Å². The molecule has 0 aliphatic heterocycles. The summed E-state index contributed by atoms with van der Waals surface area (Å²) in [6.45, 7) is -0.193. The number of carbonyl (C=O) groups is 1. The molecule has 0 aromatic rings. The van der Waals surface area contributed by atoms with Crippen LogP contribution in [0.1, 0.15) is 12.8 Å². The summed E-state index contributed by atoms with van der Waals surface area (Å²) in [5, 5.41) is 2.70. The second kappa shape index (κ2) is 5.07. The standard InChI is InChI=1S/C8H15N3O3S2/c1-11(16(13,14)5-7(9)15)4-8(12)10-6-2-3-6/h6H,2-5H2,1H3,(H2,9,15)(H,10,12). The number of nitrogens with one attached hydrogen (secondary N) is 1. The third-order valence-electron chi connectivity index (χ3n) is 2.11. The van der Waals surface area contributed by atoms with E-state index >= 15 is 0 Å². The Balaban J connectivity index is 2.45. The number of thiocarbonyl (C=S) groups is 1. The first-order valence-electron chi connectivity index (χ1n) is 4.83. The molecule has 1 amide bonds. The fourth-order valence-corrected chi connectivity index (χ4v) is 2.43. The third-order valence-corrected chi connectivity index (χ3v) is 4.19. The summed E-state index contributed by atoms with van der Waals surface area (Å²) in [7, 11) is -2.23. The van der Waals surface area contributed by atoms with Crippen LogP contribution in [0, 0.1) is 0 Å². The summed E-state index contributed by atoms with van der Waals surface area (Å²) < 4.78 is 24.1. The molecule has 1 aliphatic rings. The largest absolute Gasteiger partial charge is 0.392 e. The Bertz CT molecular complexity index is 389. The number of rotatable bonds is 6. The number of hydrogen-bond acceptors (Lipinski definition) is 4. The molecule has 0 radical (unpaired) electrons. The van der Waals surface area contributed by atoms with Crippen molar-refractivity contribution >= 4 is 33.1 Å². The van der Waals surface area contributed by atoms with Gasteiger partial charge in [-0.15, -0.1) is 0 Å². The van der Waals surface area contributed by atoms with Crippen LogP contribution in [-0.2, 0) is 14.8 Å². The van der Waals surface area contributed by atoms with Crippen LogP contribution >= 0.6 is 12.2 Å². The molecule has 0 aromatic heterocycles. The number of sulfonamides is 1. The molecule has 0 unspecified atom stereocenters. The molecule has 1 aliphatic carbocycles. The van der Waals surface area contributed by atoms with Crippen molar-refractivity contribution in [3.63, 3.8) is 0 Å². The van der Waals surface area contributed by atoms with E-state index in [0.717, 1.165) is 17.1 Å². The first-order valence-corrected chi connectivity index (χ1v) is 6.84. The molecule has 1 saturated carbocycles. The Morgan fingerprint density at radius 3 is 2.56 bits per heavy atom. The van der Waals surface area contributed by atoms with E-state index in [1.54, 1.807) is 0 Å². The van der Waals surface area contributed by atoms with E-state index in [9.17, 15) is 13.2 Å². The van der Waals surface area contributed by atoms with Crippen molar-refractivity contribution in [2.45, 2.75) is 18.9 Å². The molecule has 0 saturated heterocycles. The Labute approximate surface area is 100 Å². The zero-order chi connectivity index (χ0) is 12.3. The van der Waals surface area contributed by atoms with Gasteiger partial charge in [-0.05, 0) is 12.8 Å². The molecule has 6 nitrogen and oxygen atoms in total. The van der Waals surface area contributed by atoms with Gasteiger partial charge in [-0.2, -0.15) is 4.31 Å². The normalized spacial score (nSPS) is 16.1. The molecule has 0 spiro atoms. The quantitative estimate of drug-likeness (QED) is 0.589. The highest BCUT2D eigenvalue weighted by molar-refractivity contribution is 7.92. The Kier molecular flexibility index (Phi) is 4.22. The fourth-order valence-electron chi connectivity index (χ4n) is 1.09. The van der Waals surface area contributed by atoms with Gasteiger partial charge < -0.3 is 11.1 Å². The maximum absolute atomic E-state index is 11.6. The van der Waals surface area contributed by atoms with Crippen LogP contribution in [0.4, 0.5) is 0 Å². The third kappa shape index (κ3) is 4.42. The van der Waals surface area contributed by atoms with E-state index in [1.807, 2.05) is 0 Å². The monoisotopic (exact) mass is 265 g/mol. The lowest BCUT2D eigenvalue weighted by Crippen LogP contribution is -2.41. The van der Waals surface area contributed by atoms with Crippen LogP contribution in [0.3, 0.4) is 0 Å². The second-order valence-electron chi connectivity index (χ2n) is 3.82. The maximum Gasteiger partial charge on any atom is 0.235 e. The molecular formula is C8H15N3O3S2. The number of nitrogens with zero attached hydrogens (tertiary/aromatic N) is 1. The van der Waals surface area contributed by atoms with Gasteiger partial charge in [-0.25, -0.2) is 8.42 Å². The Morgan fingerprint density at radius 1 is 1.56 bits per heavy atom. The minimum absolute atomic E-state index is 0.102. The molecule has 92 valence electrons. The fraction of sp³-hybridized carbons (Fsp3) is 0.750. The molecule has 1 rings (SSSR count). The molecule has 0 atom stereocenters. The predicted octanol–water partition coefficient (Wildman–Crippen LogP) is -1.19. The molecule has 1 fully saturated rings. The van der Waals surface area contributed by atoms with E-state index < -0.39 is 15.8 Å². The van der Waals surface area contributed by atoms with Crippen LogP contribution in [0.15, 0.2) is 0 Å². The highest BCUT2D eigenvalue weighted by atomic mass is 32.2. The molecular weight excluding hydrogens is 250 g/mol. The lowest BCUT2D eigenvalue weighted by molar-refractivity contribution is -0.121. The van der Waals surface area contributed by atoms with Gasteiger partial charge >= 0.3 is 0 Å². The average Bonchev–Trinajstić information content (AvgIpc) is 2.85. The first-order chi connectivity index (χ1) is 7.31. The van der Waals surface area contributed by atoms with Gasteiger partial charge in [0.2, 0.25) is 15.9 Å². The van der Waals surface area contributed by atoms with Crippen LogP contribution in [0.2, 0.25) is 0 Å². The number of likely N-dealkylation sites (N-methyl/N-ethyl adjacent to an activating group) is 1. The molecule has 0 heterocycles. The molecule has 8 heteroatoms. The van der Waals surface area contributed by atoms with Gasteiger partial charge in [0.15, 0.2) is 0 Å². The lowest BCUT2D eigenvalue weighted by atomic mass is 10.5. The van der Waals surface area contributed by atoms with E-state index in [4.69, 9.17) is 5.73 Å². The van der Waals surface area contributed by atoms with Crippen molar-refractivity contribution in [1.82, 2.24) is 9.62 Å². The van der Waals surface area contributed by atoms with Crippen molar-refractivity contribution in [3.05, 3.63) is 0 Å². The van der Waals surface area contributed by atoms with E-state index in [2.05, 4.69) is 17.5 Å². The highest BCUT2D eigenvalue weighted by Crippen LogP contribution is 2.18. The van der Waals surface area contributed by atoms with E-state index in [-0.39, 0.29) is 23.5 Å². The van der Waals surface area contributed by atoms with E-state index in [1.165, 1.54) is 7.05 Å². The van der Waals surface area contributed by atoms with Gasteiger partial charge in [0.05, 0.1) is 11.5 Å². The van der Waals surface area contributed by atoms with Crippen molar-refractivity contribution in [3.8, 4) is 0 Å². The van der Waals surface area contributed by atoms with Gasteiger partial charge in [0.1, 0.15) is 5.75 Å². The summed E-state index contributed by atoms with van der Waals surface area (Å²) >= 11 is 4.53. The number of carbonyl (C=O) groups excluding carboxylic acids is 1. The van der Waals surface area contributed by atoms with Crippen LogP contribution in [0.5, 0.6) is 0 Å². The molecule has 16 heavy (non-hydrogen) atoms. The van der Waals surface area contributed by atoms with Crippen molar-refractivity contribution in [2.24, 2.45) is 5.73 Å². The van der Waals surface area contributed by atoms with E-state index in [0.29, 0.717) is 0 Å². The minimum atomic E-state index is -3.56. The minimum Gasteiger partial charge on any atom is -0.392 e. The van der Waals surface area contributed by atoms with Gasteiger partial charge in [0.25, 0.3) is 0 Å². The average molecular weight is 265 g/mol. The SMILES string of the molecule is CN(CC(=O)NC1CC1)S(=O)(=O)CC(N)=S. The predicted molar refractivity (Wildman–Crippen MR) is 64.4 cm³/mol. The summed E-state index contributed by atoms with van der Waals surface area (Å²) in [6.07, 6.45) is 1.93. The number of hydrogen-bond donors (Lipinski definition) is 2. The second-order valence-corrected chi connectivity index (χ2v) is 6.42. The van der Waals surface area contributed by atoms with Crippen LogP contribution < -0.4 is 11.1 Å². The first kappa shape index (κ1) is 13.3. The highest BCUT2D eigenvalue weighted by Gasteiger charge is 2.26. The number of amides is 1. The summed E-state index contributed by atoms with van der Waals surface area (Å²) in [5.74, 6) is -0.702. The van der Waals surface area contributed by atoms with Crippen LogP contribution in [0.25, 0.3) is 0 Å². The maximum atomic E-state index is 11.6. The van der Waals surface area contributed by atoms with Crippen molar-refractivity contribution in [1.29, 1.82) is 0 Å². The smallest absolute Gasteiger partial charge is 0.235 e. The summed E-state index contributed by atoms with van der Waals surface area (Å²) in [5.41, 5.74) is 5.16. The summed E-state index contributed by atoms with van der Waals surface area (Å²) in [6, 6.07) is 0.221. The Hall–Kier alpha value is -0.730. The van der Waals surface area contributed by atoms with Gasteiger partial charge in [-0.1, -0.05) is 12.2 Å². The molecule has 0 bridgehead atoms. The molecule has 0 aromatic carbocycles. The van der Waals surface area contributed by atoms with Crippen molar-refractivity contribution < 1.29 is 13.2 Å².